The Balaban J connectivity index is 1.82. The first-order valence-corrected chi connectivity index (χ1v) is 16.0. The molecular formula is C38H58N4O. The van der Waals surface area contributed by atoms with Crippen LogP contribution >= 0.6 is 0 Å². The molecule has 0 spiro atoms. The molecule has 5 N–H and O–H groups in total. The highest BCUT2D eigenvalue weighted by Gasteiger charge is 2.49. The summed E-state index contributed by atoms with van der Waals surface area (Å²) in [5, 5.41) is 19.0. The van der Waals surface area contributed by atoms with E-state index in [1.165, 1.54) is 39.0 Å². The molecule has 1 aromatic rings. The van der Waals surface area contributed by atoms with E-state index in [1.807, 2.05) is 14.1 Å². The van der Waals surface area contributed by atoms with E-state index in [4.69, 9.17) is 12.3 Å². The molecule has 0 heterocycles. The fraction of sp³-hybridized carbons (Fsp3) is 0.579. The highest BCUT2D eigenvalue weighted by molar-refractivity contribution is 5.86. The predicted molar refractivity (Wildman–Crippen MR) is 184 cm³/mol. The largest absolute Gasteiger partial charge is 0.510 e. The number of hydrogen-bond acceptors (Lipinski definition) is 5. The van der Waals surface area contributed by atoms with Crippen molar-refractivity contribution < 1.29 is 5.11 Å². The molecule has 0 radical (unpaired) electrons. The number of benzene rings is 1. The van der Waals surface area contributed by atoms with Crippen LogP contribution in [0.25, 0.3) is 5.57 Å². The lowest BCUT2D eigenvalue weighted by molar-refractivity contribution is 0.123. The van der Waals surface area contributed by atoms with Gasteiger partial charge in [0.15, 0.2) is 0 Å². The molecule has 4 atom stereocenters. The zero-order chi connectivity index (χ0) is 32.2. The van der Waals surface area contributed by atoms with Crippen molar-refractivity contribution in [3.8, 4) is 0 Å². The van der Waals surface area contributed by atoms with Crippen LogP contribution in [-0.4, -0.2) is 43.2 Å². The number of fused-ring (bicyclic) bond motifs is 3. The Morgan fingerprint density at radius 2 is 1.56 bits per heavy atom. The highest BCUT2D eigenvalue weighted by Crippen LogP contribution is 2.56. The monoisotopic (exact) mass is 586 g/mol. The van der Waals surface area contributed by atoms with Crippen LogP contribution in [0, 0.1) is 35.5 Å². The summed E-state index contributed by atoms with van der Waals surface area (Å²) in [6.07, 6.45) is 1.95. The van der Waals surface area contributed by atoms with E-state index in [0.717, 1.165) is 50.2 Å². The maximum Gasteiger partial charge on any atom is 0.119 e. The number of likely N-dealkylation sites (N-methyl/N-ethyl adjacent to an activating group) is 1. The fourth-order valence-corrected chi connectivity index (χ4v) is 8.02. The molecule has 0 bridgehead atoms. The van der Waals surface area contributed by atoms with Crippen LogP contribution in [0.15, 0.2) is 59.6 Å². The van der Waals surface area contributed by atoms with Crippen molar-refractivity contribution in [3.63, 3.8) is 0 Å². The predicted octanol–water partition coefficient (Wildman–Crippen LogP) is 7.19. The molecule has 4 rings (SSSR count). The zero-order valence-electron chi connectivity index (χ0n) is 28.7. The van der Waals surface area contributed by atoms with Gasteiger partial charge in [-0.3, -0.25) is 4.90 Å². The van der Waals surface area contributed by atoms with Gasteiger partial charge in [0.1, 0.15) is 5.76 Å². The average molecular weight is 587 g/mol. The molecule has 2 unspecified atom stereocenters. The number of nitrogens with two attached hydrogens (primary N) is 1. The standard InChI is InChI=1S/C38H58N4O/c1-21-27(17-40-19-37(6,7)8)14-28(18-41-20-38(9,10)11)29-15-26-16-30-33(23(3)31(26)22(2)32(21)29)24(4)34(25(5)39)36(43)35(30)42(12)13/h14,26,30,33,35,40-41,43H,2,4-5,15-20,39H2,1,3,6-13H3/t26-,30+,33?,35?/m0/s1. The molecule has 0 saturated carbocycles. The summed E-state index contributed by atoms with van der Waals surface area (Å²) in [6.45, 7) is 35.1. The number of aliphatic hydroxyl groups is 1. The molecule has 5 nitrogen and oxygen atoms in total. The first kappa shape index (κ1) is 33.3. The Morgan fingerprint density at radius 1 is 1.00 bits per heavy atom. The van der Waals surface area contributed by atoms with E-state index in [-0.39, 0.29) is 28.7 Å². The lowest BCUT2D eigenvalue weighted by atomic mass is 9.57. The maximum absolute atomic E-state index is 11.5. The Bertz CT molecular complexity index is 1380. The van der Waals surface area contributed by atoms with Crippen LogP contribution in [0.1, 0.15) is 82.7 Å². The maximum atomic E-state index is 11.5. The molecule has 0 aliphatic heterocycles. The van der Waals surface area contributed by atoms with Crippen LogP contribution in [-0.2, 0) is 19.5 Å². The van der Waals surface area contributed by atoms with E-state index in [2.05, 4.69) is 90.1 Å². The van der Waals surface area contributed by atoms with E-state index in [0.29, 0.717) is 22.9 Å². The van der Waals surface area contributed by atoms with Gasteiger partial charge in [0.2, 0.25) is 0 Å². The quantitative estimate of drug-likeness (QED) is 0.260. The molecular weight excluding hydrogens is 528 g/mol. The van der Waals surface area contributed by atoms with Crippen molar-refractivity contribution in [1.82, 2.24) is 15.5 Å². The molecule has 5 heteroatoms. The van der Waals surface area contributed by atoms with Gasteiger partial charge >= 0.3 is 0 Å². The molecule has 3 aliphatic rings. The Labute approximate surface area is 262 Å². The van der Waals surface area contributed by atoms with Crippen LogP contribution < -0.4 is 16.4 Å². The molecule has 0 aromatic heterocycles. The average Bonchev–Trinajstić information content (AvgIpc) is 2.84. The molecule has 3 aliphatic carbocycles. The van der Waals surface area contributed by atoms with Gasteiger partial charge in [-0.15, -0.1) is 0 Å². The second kappa shape index (κ2) is 12.1. The number of nitrogens with zero attached hydrogens (tertiary/aromatic N) is 1. The lowest BCUT2D eigenvalue weighted by Crippen LogP contribution is -2.48. The molecule has 236 valence electrons. The van der Waals surface area contributed by atoms with Gasteiger partial charge in [0.05, 0.1) is 6.04 Å². The summed E-state index contributed by atoms with van der Waals surface area (Å²) >= 11 is 0. The van der Waals surface area contributed by atoms with Crippen LogP contribution in [0.2, 0.25) is 0 Å². The molecule has 0 amide bonds. The summed E-state index contributed by atoms with van der Waals surface area (Å²) in [4.78, 5) is 2.13. The van der Waals surface area contributed by atoms with Gasteiger partial charge in [0.25, 0.3) is 0 Å². The SMILES string of the molecule is C=C(N)C1=C(O)C(N(C)C)[C@@H]2C[C@@H]3Cc4c(CNCC(C)(C)C)cc(CNCC(C)(C)C)c(C)c4C(=C)C3=C(C)C2C1=C. The minimum atomic E-state index is -0.136. The van der Waals surface area contributed by atoms with Crippen molar-refractivity contribution in [3.05, 3.63) is 87.4 Å². The van der Waals surface area contributed by atoms with Gasteiger partial charge < -0.3 is 21.5 Å². The minimum Gasteiger partial charge on any atom is -0.510 e. The van der Waals surface area contributed by atoms with Gasteiger partial charge in [-0.2, -0.15) is 0 Å². The third-order valence-corrected chi connectivity index (χ3v) is 9.71. The van der Waals surface area contributed by atoms with Crippen molar-refractivity contribution in [2.45, 2.75) is 87.4 Å². The second-order valence-electron chi connectivity index (χ2n) is 16.1. The summed E-state index contributed by atoms with van der Waals surface area (Å²) in [5.74, 6) is 0.953. The van der Waals surface area contributed by atoms with E-state index in [9.17, 15) is 5.11 Å². The normalized spacial score (nSPS) is 24.3. The molecule has 0 fully saturated rings. The molecule has 1 aromatic carbocycles. The van der Waals surface area contributed by atoms with Gasteiger partial charge in [-0.1, -0.05) is 72.9 Å². The van der Waals surface area contributed by atoms with Crippen molar-refractivity contribution in [1.29, 1.82) is 0 Å². The fourth-order valence-electron chi connectivity index (χ4n) is 8.02. The molecule has 43 heavy (non-hydrogen) atoms. The smallest absolute Gasteiger partial charge is 0.119 e. The van der Waals surface area contributed by atoms with Crippen molar-refractivity contribution in [2.24, 2.45) is 34.3 Å². The third-order valence-electron chi connectivity index (χ3n) is 9.71. The first-order chi connectivity index (χ1) is 19.8. The Kier molecular flexibility index (Phi) is 9.34. The summed E-state index contributed by atoms with van der Waals surface area (Å²) in [5.41, 5.74) is 19.3. The summed E-state index contributed by atoms with van der Waals surface area (Å²) in [7, 11) is 4.09. The second-order valence-corrected chi connectivity index (χ2v) is 16.1. The Morgan fingerprint density at radius 3 is 2.07 bits per heavy atom. The number of nitrogens with one attached hydrogen (secondary N) is 2. The van der Waals surface area contributed by atoms with Crippen molar-refractivity contribution in [2.75, 3.05) is 27.2 Å². The van der Waals surface area contributed by atoms with E-state index >= 15 is 0 Å². The Hall–Kier alpha value is -2.60. The number of hydrogen-bond donors (Lipinski definition) is 4. The zero-order valence-corrected chi connectivity index (χ0v) is 28.7. The highest BCUT2D eigenvalue weighted by atomic mass is 16.3. The number of allylic oxidation sites excluding steroid dienone is 4. The topological polar surface area (TPSA) is 73.5 Å². The van der Waals surface area contributed by atoms with Gasteiger partial charge in [-0.05, 0) is 108 Å². The van der Waals surface area contributed by atoms with Crippen LogP contribution in [0.4, 0.5) is 0 Å². The van der Waals surface area contributed by atoms with Crippen LogP contribution in [0.5, 0.6) is 0 Å². The molecule has 0 saturated heterocycles. The van der Waals surface area contributed by atoms with Crippen molar-refractivity contribution >= 4 is 5.57 Å². The lowest BCUT2D eigenvalue weighted by Gasteiger charge is -2.50. The van der Waals surface area contributed by atoms with Crippen LogP contribution in [0.3, 0.4) is 0 Å². The van der Waals surface area contributed by atoms with Gasteiger partial charge in [-0.25, -0.2) is 0 Å². The van der Waals surface area contributed by atoms with E-state index in [1.54, 1.807) is 0 Å². The van der Waals surface area contributed by atoms with E-state index < -0.39 is 0 Å². The summed E-state index contributed by atoms with van der Waals surface area (Å²) in [6, 6.07) is 2.31. The first-order valence-electron chi connectivity index (χ1n) is 16.0. The number of aliphatic hydroxyl groups excluding tert-OH is 1. The summed E-state index contributed by atoms with van der Waals surface area (Å²) < 4.78 is 0. The number of rotatable bonds is 8. The third kappa shape index (κ3) is 6.60. The minimum absolute atomic E-state index is 0.0908. The van der Waals surface area contributed by atoms with Gasteiger partial charge in [0, 0.05) is 43.4 Å².